The van der Waals surface area contributed by atoms with Crippen molar-refractivity contribution in [1.82, 2.24) is 14.3 Å². The molecule has 0 spiro atoms. The lowest BCUT2D eigenvalue weighted by molar-refractivity contribution is -0.119. The van der Waals surface area contributed by atoms with Crippen LogP contribution in [-0.2, 0) is 27.8 Å². The number of sulfonamides is 1. The van der Waals surface area contributed by atoms with Gasteiger partial charge in [-0.2, -0.15) is 4.31 Å². The molecule has 166 valence electrons. The summed E-state index contributed by atoms with van der Waals surface area (Å²) in [6.45, 7) is 4.38. The van der Waals surface area contributed by atoms with Crippen LogP contribution in [0.3, 0.4) is 0 Å². The van der Waals surface area contributed by atoms with E-state index >= 15 is 0 Å². The van der Waals surface area contributed by atoms with Gasteiger partial charge in [0.2, 0.25) is 15.9 Å². The highest BCUT2D eigenvalue weighted by Crippen LogP contribution is 2.36. The van der Waals surface area contributed by atoms with Gasteiger partial charge in [0.25, 0.3) is 0 Å². The minimum absolute atomic E-state index is 0.00749. The molecule has 8 nitrogen and oxygen atoms in total. The molecule has 4 rings (SSSR count). The van der Waals surface area contributed by atoms with E-state index in [9.17, 15) is 13.2 Å². The predicted octanol–water partition coefficient (Wildman–Crippen LogP) is 2.76. The van der Waals surface area contributed by atoms with E-state index in [1.165, 1.54) is 4.31 Å². The molecule has 0 saturated carbocycles. The van der Waals surface area contributed by atoms with Crippen LogP contribution >= 0.6 is 0 Å². The normalized spacial score (nSPS) is 19.5. The Morgan fingerprint density at radius 1 is 1.19 bits per heavy atom. The Kier molecular flexibility index (Phi) is 5.98. The van der Waals surface area contributed by atoms with Gasteiger partial charge in [0, 0.05) is 29.8 Å². The van der Waals surface area contributed by atoms with Crippen LogP contribution in [0.5, 0.6) is 5.75 Å². The average molecular weight is 445 g/mol. The van der Waals surface area contributed by atoms with Crippen molar-refractivity contribution in [2.24, 2.45) is 0 Å². The molecule has 1 aromatic heterocycles. The first-order chi connectivity index (χ1) is 14.9. The van der Waals surface area contributed by atoms with Crippen LogP contribution in [0.4, 0.5) is 5.82 Å². The molecule has 2 aliphatic heterocycles. The number of amides is 1. The van der Waals surface area contributed by atoms with Crippen molar-refractivity contribution in [2.75, 3.05) is 24.3 Å². The molecular weight excluding hydrogens is 416 g/mol. The Morgan fingerprint density at radius 3 is 2.71 bits per heavy atom. The monoisotopic (exact) mass is 444 g/mol. The van der Waals surface area contributed by atoms with Crippen LogP contribution in [0.15, 0.2) is 24.3 Å². The maximum absolute atomic E-state index is 12.9. The smallest absolute Gasteiger partial charge is 0.228 e. The number of hydrogen-bond donors (Lipinski definition) is 0. The number of rotatable bonds is 6. The summed E-state index contributed by atoms with van der Waals surface area (Å²) in [6.07, 6.45) is 2.43. The van der Waals surface area contributed by atoms with Crippen LogP contribution in [0.25, 0.3) is 0 Å². The lowest BCUT2D eigenvalue weighted by Gasteiger charge is -2.31. The molecule has 3 heterocycles. The van der Waals surface area contributed by atoms with Crippen LogP contribution in [-0.4, -0.2) is 48.0 Å². The Balaban J connectivity index is 1.75. The fraction of sp³-hybridized carbons (Fsp3) is 0.500. The zero-order chi connectivity index (χ0) is 22.2. The number of fused-ring (bicyclic) bond motifs is 1. The zero-order valence-electron chi connectivity index (χ0n) is 18.2. The predicted molar refractivity (Wildman–Crippen MR) is 117 cm³/mol. The number of carbonyl (C=O) groups excluding carboxylic acids is 1. The van der Waals surface area contributed by atoms with E-state index in [0.717, 1.165) is 23.2 Å². The number of hydrogen-bond acceptors (Lipinski definition) is 6. The van der Waals surface area contributed by atoms with Gasteiger partial charge in [-0.1, -0.05) is 18.2 Å². The van der Waals surface area contributed by atoms with Crippen LogP contribution in [0, 0.1) is 6.92 Å². The van der Waals surface area contributed by atoms with Gasteiger partial charge in [0.1, 0.15) is 17.4 Å². The Morgan fingerprint density at radius 2 is 1.97 bits per heavy atom. The molecule has 1 atom stereocenters. The van der Waals surface area contributed by atoms with Gasteiger partial charge in [-0.05, 0) is 39.2 Å². The zero-order valence-corrected chi connectivity index (χ0v) is 19.0. The molecule has 0 aliphatic carbocycles. The summed E-state index contributed by atoms with van der Waals surface area (Å²) < 4.78 is 32.1. The number of para-hydroxylation sites is 1. The molecule has 0 bridgehead atoms. The van der Waals surface area contributed by atoms with Crippen molar-refractivity contribution in [2.45, 2.75) is 52.1 Å². The third-order valence-corrected chi connectivity index (χ3v) is 7.98. The number of ether oxygens (including phenoxy) is 1. The molecule has 2 aromatic rings. The van der Waals surface area contributed by atoms with E-state index in [1.54, 1.807) is 18.9 Å². The minimum atomic E-state index is -3.35. The van der Waals surface area contributed by atoms with E-state index in [2.05, 4.69) is 4.98 Å². The second kappa shape index (κ2) is 8.55. The van der Waals surface area contributed by atoms with E-state index in [-0.39, 0.29) is 17.7 Å². The third-order valence-electron chi connectivity index (χ3n) is 6.10. The van der Waals surface area contributed by atoms with E-state index in [1.807, 2.05) is 31.2 Å². The number of carbonyl (C=O) groups is 1. The van der Waals surface area contributed by atoms with Gasteiger partial charge in [-0.3, -0.25) is 9.69 Å². The number of aryl methyl sites for hydroxylation is 1. The molecule has 31 heavy (non-hydrogen) atoms. The van der Waals surface area contributed by atoms with Gasteiger partial charge in [-0.15, -0.1) is 0 Å². The highest BCUT2D eigenvalue weighted by molar-refractivity contribution is 7.89. The summed E-state index contributed by atoms with van der Waals surface area (Å²) in [6, 6.07) is 7.21. The average Bonchev–Trinajstić information content (AvgIpc) is 3.27. The summed E-state index contributed by atoms with van der Waals surface area (Å²) in [4.78, 5) is 24.0. The highest BCUT2D eigenvalue weighted by Gasteiger charge is 2.37. The van der Waals surface area contributed by atoms with Crippen LogP contribution in [0.1, 0.15) is 54.9 Å². The van der Waals surface area contributed by atoms with E-state index < -0.39 is 10.0 Å². The third kappa shape index (κ3) is 4.04. The SMILES string of the molecule is CCS(=O)(=O)N1CCC[C@H]1c1nc(C)c2c(n1)N(Cc1ccccc1OC)C(=O)CC2. The first-order valence-corrected chi connectivity index (χ1v) is 12.3. The van der Waals surface area contributed by atoms with E-state index in [4.69, 9.17) is 9.72 Å². The van der Waals surface area contributed by atoms with Crippen molar-refractivity contribution >= 4 is 21.7 Å². The Labute approximate surface area is 183 Å². The van der Waals surface area contributed by atoms with Crippen molar-refractivity contribution in [3.63, 3.8) is 0 Å². The molecule has 0 unspecified atom stereocenters. The lowest BCUT2D eigenvalue weighted by Crippen LogP contribution is -2.37. The molecule has 0 N–H and O–H groups in total. The molecule has 1 amide bonds. The molecule has 1 saturated heterocycles. The summed E-state index contributed by atoms with van der Waals surface area (Å²) >= 11 is 0. The molecule has 0 radical (unpaired) electrons. The van der Waals surface area contributed by atoms with Crippen molar-refractivity contribution in [3.05, 3.63) is 46.9 Å². The Hall–Kier alpha value is -2.52. The summed E-state index contributed by atoms with van der Waals surface area (Å²) in [7, 11) is -1.75. The van der Waals surface area contributed by atoms with Crippen molar-refractivity contribution < 1.29 is 17.9 Å². The number of nitrogens with zero attached hydrogens (tertiary/aromatic N) is 4. The molecule has 1 aromatic carbocycles. The second-order valence-electron chi connectivity index (χ2n) is 7.93. The molecule has 2 aliphatic rings. The summed E-state index contributed by atoms with van der Waals surface area (Å²) in [5.41, 5.74) is 2.64. The molecule has 9 heteroatoms. The highest BCUT2D eigenvalue weighted by atomic mass is 32.2. The number of benzene rings is 1. The minimum Gasteiger partial charge on any atom is -0.496 e. The second-order valence-corrected chi connectivity index (χ2v) is 10.1. The van der Waals surface area contributed by atoms with Crippen molar-refractivity contribution in [1.29, 1.82) is 0 Å². The van der Waals surface area contributed by atoms with E-state index in [0.29, 0.717) is 49.7 Å². The summed E-state index contributed by atoms with van der Waals surface area (Å²) in [5, 5.41) is 0. The maximum atomic E-state index is 12.9. The standard InChI is InChI=1S/C22H28N4O4S/c1-4-31(28,29)26-13-7-9-18(26)21-23-15(2)17-11-12-20(27)25(22(17)24-21)14-16-8-5-6-10-19(16)30-3/h5-6,8,10,18H,4,7,9,11-14H2,1-3H3/t18-/m0/s1. The van der Waals surface area contributed by atoms with Crippen molar-refractivity contribution in [3.8, 4) is 5.75 Å². The van der Waals surface area contributed by atoms with Gasteiger partial charge in [-0.25, -0.2) is 18.4 Å². The first kappa shape index (κ1) is 21.7. The Bertz CT molecular complexity index is 1100. The van der Waals surface area contributed by atoms with Crippen LogP contribution in [0.2, 0.25) is 0 Å². The fourth-order valence-electron chi connectivity index (χ4n) is 4.42. The largest absolute Gasteiger partial charge is 0.496 e. The number of anilines is 1. The van der Waals surface area contributed by atoms with Crippen LogP contribution < -0.4 is 9.64 Å². The lowest BCUT2D eigenvalue weighted by atomic mass is 10.0. The molecule has 1 fully saturated rings. The molecular formula is C22H28N4O4S. The van der Waals surface area contributed by atoms with Gasteiger partial charge in [0.05, 0.1) is 25.4 Å². The fourth-order valence-corrected chi connectivity index (χ4v) is 5.74. The quantitative estimate of drug-likeness (QED) is 0.680. The topological polar surface area (TPSA) is 92.7 Å². The van der Waals surface area contributed by atoms with Gasteiger partial charge in [0.15, 0.2) is 0 Å². The van der Waals surface area contributed by atoms with Gasteiger partial charge >= 0.3 is 0 Å². The van der Waals surface area contributed by atoms with Gasteiger partial charge < -0.3 is 4.74 Å². The summed E-state index contributed by atoms with van der Waals surface area (Å²) in [5.74, 6) is 1.82. The maximum Gasteiger partial charge on any atom is 0.228 e. The number of aromatic nitrogens is 2. The number of methoxy groups -OCH3 is 1. The first-order valence-electron chi connectivity index (χ1n) is 10.6.